The zero-order valence-electron chi connectivity index (χ0n) is 12.3. The molecule has 21 heavy (non-hydrogen) atoms. The SMILES string of the molecule is CC.CC(C#N)(Cn1ncnc1SC#N)c1ccccc1. The lowest BCUT2D eigenvalue weighted by Crippen LogP contribution is -2.27. The first-order valence-electron chi connectivity index (χ1n) is 6.60. The number of thiocyanates is 1. The smallest absolute Gasteiger partial charge is 0.200 e. The quantitative estimate of drug-likeness (QED) is 0.639. The van der Waals surface area contributed by atoms with Gasteiger partial charge >= 0.3 is 0 Å². The Morgan fingerprint density at radius 3 is 2.48 bits per heavy atom. The van der Waals surface area contributed by atoms with Crippen molar-refractivity contribution in [1.29, 1.82) is 10.5 Å². The van der Waals surface area contributed by atoms with Gasteiger partial charge in [-0.1, -0.05) is 44.2 Å². The Labute approximate surface area is 129 Å². The van der Waals surface area contributed by atoms with Crippen molar-refractivity contribution < 1.29 is 0 Å². The fourth-order valence-corrected chi connectivity index (χ4v) is 2.18. The topological polar surface area (TPSA) is 78.3 Å². The van der Waals surface area contributed by atoms with Crippen LogP contribution in [0, 0.1) is 22.0 Å². The molecule has 2 aromatic rings. The van der Waals surface area contributed by atoms with Crippen LogP contribution in [-0.4, -0.2) is 14.8 Å². The molecule has 0 fully saturated rings. The van der Waals surface area contributed by atoms with Crippen LogP contribution >= 0.6 is 11.8 Å². The van der Waals surface area contributed by atoms with Gasteiger partial charge in [-0.05, 0) is 12.5 Å². The number of thioether (sulfide) groups is 1. The first-order valence-corrected chi connectivity index (χ1v) is 7.42. The van der Waals surface area contributed by atoms with Crippen LogP contribution in [0.25, 0.3) is 0 Å². The van der Waals surface area contributed by atoms with E-state index in [9.17, 15) is 5.26 Å². The van der Waals surface area contributed by atoms with Crippen molar-refractivity contribution in [2.75, 3.05) is 0 Å². The number of rotatable bonds is 4. The van der Waals surface area contributed by atoms with Crippen molar-refractivity contribution in [3.63, 3.8) is 0 Å². The van der Waals surface area contributed by atoms with Gasteiger partial charge in [0.1, 0.15) is 11.7 Å². The predicted molar refractivity (Wildman–Crippen MR) is 82.2 cm³/mol. The molecule has 2 rings (SSSR count). The molecule has 1 aromatic heterocycles. The summed E-state index contributed by atoms with van der Waals surface area (Å²) in [7, 11) is 0. The van der Waals surface area contributed by atoms with Crippen molar-refractivity contribution in [3.05, 3.63) is 42.2 Å². The molecule has 6 heteroatoms. The number of hydrogen-bond donors (Lipinski definition) is 0. The van der Waals surface area contributed by atoms with E-state index < -0.39 is 5.41 Å². The molecule has 1 aromatic carbocycles. The maximum Gasteiger partial charge on any atom is 0.200 e. The molecule has 0 aliphatic carbocycles. The fraction of sp³-hybridized carbons (Fsp3) is 0.333. The highest BCUT2D eigenvalue weighted by atomic mass is 32.2. The van der Waals surface area contributed by atoms with Crippen LogP contribution < -0.4 is 0 Å². The monoisotopic (exact) mass is 299 g/mol. The molecular formula is C15H17N5S. The second-order valence-corrected chi connectivity index (χ2v) is 4.96. The molecule has 0 aliphatic rings. The van der Waals surface area contributed by atoms with Crippen LogP contribution in [0.3, 0.4) is 0 Å². The maximum absolute atomic E-state index is 9.47. The van der Waals surface area contributed by atoms with Gasteiger partial charge in [-0.2, -0.15) is 15.6 Å². The Kier molecular flexibility index (Phi) is 6.45. The van der Waals surface area contributed by atoms with Crippen molar-refractivity contribution in [2.45, 2.75) is 37.9 Å². The van der Waals surface area contributed by atoms with Crippen LogP contribution in [0.5, 0.6) is 0 Å². The van der Waals surface area contributed by atoms with E-state index in [4.69, 9.17) is 5.26 Å². The zero-order chi connectivity index (χ0) is 15.7. The van der Waals surface area contributed by atoms with Crippen molar-refractivity contribution in [3.8, 4) is 11.5 Å². The molecule has 5 nitrogen and oxygen atoms in total. The first-order chi connectivity index (χ1) is 10.2. The van der Waals surface area contributed by atoms with Crippen molar-refractivity contribution in [2.24, 2.45) is 0 Å². The summed E-state index contributed by atoms with van der Waals surface area (Å²) in [5, 5.41) is 24.7. The Morgan fingerprint density at radius 2 is 1.90 bits per heavy atom. The summed E-state index contributed by atoms with van der Waals surface area (Å²) in [4.78, 5) is 4.00. The summed E-state index contributed by atoms with van der Waals surface area (Å²) in [6.45, 7) is 6.21. The number of benzene rings is 1. The van der Waals surface area contributed by atoms with Crippen molar-refractivity contribution in [1.82, 2.24) is 14.8 Å². The lowest BCUT2D eigenvalue weighted by molar-refractivity contribution is 0.433. The van der Waals surface area contributed by atoms with Crippen LogP contribution in [0.15, 0.2) is 41.8 Å². The highest BCUT2D eigenvalue weighted by Crippen LogP contribution is 2.26. The number of aromatic nitrogens is 3. The number of nitriles is 2. The minimum absolute atomic E-state index is 0.359. The third kappa shape index (κ3) is 4.08. The first kappa shape index (κ1) is 16.7. The molecule has 0 bridgehead atoms. The van der Waals surface area contributed by atoms with E-state index >= 15 is 0 Å². The molecule has 0 N–H and O–H groups in total. The summed E-state index contributed by atoms with van der Waals surface area (Å²) >= 11 is 0.940. The summed E-state index contributed by atoms with van der Waals surface area (Å²) < 4.78 is 1.59. The van der Waals surface area contributed by atoms with Crippen LogP contribution in [0.2, 0.25) is 0 Å². The average molecular weight is 299 g/mol. The van der Waals surface area contributed by atoms with Gasteiger partial charge in [0.2, 0.25) is 5.16 Å². The zero-order valence-corrected chi connectivity index (χ0v) is 13.1. The Morgan fingerprint density at radius 1 is 1.24 bits per heavy atom. The van der Waals surface area contributed by atoms with Gasteiger partial charge in [-0.3, -0.25) is 0 Å². The minimum Gasteiger partial charge on any atom is -0.238 e. The summed E-state index contributed by atoms with van der Waals surface area (Å²) in [5.74, 6) is 0. The van der Waals surface area contributed by atoms with E-state index in [0.717, 1.165) is 17.3 Å². The summed E-state index contributed by atoms with van der Waals surface area (Å²) in [6.07, 6.45) is 1.39. The van der Waals surface area contributed by atoms with Gasteiger partial charge in [0.25, 0.3) is 0 Å². The number of hydrogen-bond acceptors (Lipinski definition) is 5. The highest BCUT2D eigenvalue weighted by Gasteiger charge is 2.28. The molecule has 0 saturated heterocycles. The van der Waals surface area contributed by atoms with E-state index in [1.165, 1.54) is 6.33 Å². The highest BCUT2D eigenvalue weighted by molar-refractivity contribution is 8.03. The fourth-order valence-electron chi connectivity index (χ4n) is 1.78. The molecular weight excluding hydrogens is 282 g/mol. The molecule has 0 radical (unpaired) electrons. The van der Waals surface area contributed by atoms with Crippen molar-refractivity contribution >= 4 is 11.8 Å². The lowest BCUT2D eigenvalue weighted by atomic mass is 9.84. The van der Waals surface area contributed by atoms with Gasteiger partial charge < -0.3 is 0 Å². The van der Waals surface area contributed by atoms with Crippen LogP contribution in [0.1, 0.15) is 26.3 Å². The van der Waals surface area contributed by atoms with E-state index in [1.54, 1.807) is 4.68 Å². The van der Waals surface area contributed by atoms with E-state index in [1.807, 2.05) is 56.5 Å². The Bertz CT molecular complexity index is 638. The van der Waals surface area contributed by atoms with Gasteiger partial charge in [0.15, 0.2) is 0 Å². The molecule has 0 saturated carbocycles. The Hall–Kier alpha value is -2.31. The van der Waals surface area contributed by atoms with Gasteiger partial charge in [0.05, 0.1) is 18.0 Å². The third-order valence-corrected chi connectivity index (χ3v) is 3.43. The lowest BCUT2D eigenvalue weighted by Gasteiger charge is -2.22. The summed E-state index contributed by atoms with van der Waals surface area (Å²) in [5.41, 5.74) is 0.209. The molecule has 1 unspecified atom stereocenters. The molecule has 1 atom stereocenters. The normalized spacial score (nSPS) is 12.2. The van der Waals surface area contributed by atoms with Gasteiger partial charge in [-0.25, -0.2) is 9.67 Å². The van der Waals surface area contributed by atoms with E-state index in [2.05, 4.69) is 16.2 Å². The second kappa shape index (κ2) is 8.08. The average Bonchev–Trinajstić information content (AvgIpc) is 2.97. The Balaban J connectivity index is 0.00000106. The predicted octanol–water partition coefficient (Wildman–Crippen LogP) is 3.36. The van der Waals surface area contributed by atoms with Gasteiger partial charge in [0, 0.05) is 11.8 Å². The maximum atomic E-state index is 9.47. The largest absolute Gasteiger partial charge is 0.238 e. The molecule has 108 valence electrons. The second-order valence-electron chi connectivity index (χ2n) is 4.20. The minimum atomic E-state index is -0.709. The number of nitrogens with zero attached hydrogens (tertiary/aromatic N) is 5. The molecule has 0 spiro atoms. The standard InChI is InChI=1S/C13H11N5S.C2H6/c1-13(7-14,11-5-3-2-4-6-11)8-18-12(19-9-15)16-10-17-18;1-2/h2-6,10H,8H2,1H3;1-2H3. The molecule has 0 amide bonds. The van der Waals surface area contributed by atoms with E-state index in [0.29, 0.717) is 11.7 Å². The van der Waals surface area contributed by atoms with Crippen LogP contribution in [-0.2, 0) is 12.0 Å². The van der Waals surface area contributed by atoms with Gasteiger partial charge in [-0.15, -0.1) is 0 Å². The van der Waals surface area contributed by atoms with E-state index in [-0.39, 0.29) is 0 Å². The molecule has 1 heterocycles. The van der Waals surface area contributed by atoms with Crippen LogP contribution in [0.4, 0.5) is 0 Å². The summed E-state index contributed by atoms with van der Waals surface area (Å²) in [6, 6.07) is 11.9. The third-order valence-electron chi connectivity index (χ3n) is 2.84. The molecule has 0 aliphatic heterocycles.